The summed E-state index contributed by atoms with van der Waals surface area (Å²) < 4.78 is 7.29. The molecule has 3 heterocycles. The first-order valence-corrected chi connectivity index (χ1v) is 13.3. The minimum Gasteiger partial charge on any atom is -0.468 e. The van der Waals surface area contributed by atoms with Gasteiger partial charge in [-0.15, -0.1) is 5.10 Å². The van der Waals surface area contributed by atoms with Crippen molar-refractivity contribution in [2.24, 2.45) is 0 Å². The number of imidazole rings is 1. The van der Waals surface area contributed by atoms with Crippen LogP contribution < -0.4 is 9.80 Å². The Kier molecular flexibility index (Phi) is 6.96. The average molecular weight is 535 g/mol. The number of nitrogens with one attached hydrogen (secondary N) is 1. The number of aromatic nitrogens is 6. The molecule has 10 nitrogen and oxygen atoms in total. The number of carbonyl (C=O) groups is 1. The van der Waals surface area contributed by atoms with E-state index < -0.39 is 0 Å². The van der Waals surface area contributed by atoms with E-state index >= 15 is 0 Å². The minimum atomic E-state index is -0.287. The van der Waals surface area contributed by atoms with Gasteiger partial charge in [-0.1, -0.05) is 73.7 Å². The van der Waals surface area contributed by atoms with Crippen LogP contribution in [0.2, 0.25) is 0 Å². The first-order valence-electron chi connectivity index (χ1n) is 13.3. The summed E-state index contributed by atoms with van der Waals surface area (Å²) in [5, 5.41) is 14.4. The Hall–Kier alpha value is -4.99. The number of ether oxygens (including phenoxy) is 1. The molecule has 2 aromatic heterocycles. The normalized spacial score (nSPS) is 12.8. The van der Waals surface area contributed by atoms with Gasteiger partial charge in [-0.2, -0.15) is 0 Å². The van der Waals surface area contributed by atoms with Crippen molar-refractivity contribution in [2.45, 2.75) is 26.4 Å². The third-order valence-corrected chi connectivity index (χ3v) is 7.23. The predicted octanol–water partition coefficient (Wildman–Crippen LogP) is 4.30. The second-order valence-corrected chi connectivity index (χ2v) is 9.68. The zero-order chi connectivity index (χ0) is 27.5. The molecule has 10 heteroatoms. The molecule has 0 amide bonds. The molecule has 1 aliphatic heterocycles. The van der Waals surface area contributed by atoms with E-state index in [-0.39, 0.29) is 12.5 Å². The van der Waals surface area contributed by atoms with Crippen molar-refractivity contribution >= 4 is 17.5 Å². The average Bonchev–Trinajstić information content (AvgIpc) is 3.67. The lowest BCUT2D eigenvalue weighted by Crippen LogP contribution is -2.45. The van der Waals surface area contributed by atoms with Crippen LogP contribution in [0.1, 0.15) is 24.0 Å². The molecular weight excluding hydrogens is 504 g/mol. The Morgan fingerprint density at radius 2 is 1.73 bits per heavy atom. The summed E-state index contributed by atoms with van der Waals surface area (Å²) >= 11 is 0. The standard InChI is InChI=1S/C30H30N8O2/c1-3-27-31-30-26(18-36(23-9-5-4-6-10-23)20-37(30)19-28(39)40-2)38(27)17-21-13-15-22(16-14-21)24-11-7-8-12-25(24)29-32-34-35-33-29/h4-16H,3,17-20H2,1-2H3,(H,32,33,34,35). The molecule has 0 atom stereocenters. The molecule has 0 spiro atoms. The molecule has 0 bridgehead atoms. The van der Waals surface area contributed by atoms with E-state index in [0.29, 0.717) is 25.6 Å². The van der Waals surface area contributed by atoms with Crippen LogP contribution in [0.15, 0.2) is 78.9 Å². The number of fused-ring (bicyclic) bond motifs is 1. The van der Waals surface area contributed by atoms with Crippen LogP contribution in [0.4, 0.5) is 11.5 Å². The fourth-order valence-electron chi connectivity index (χ4n) is 5.24. The van der Waals surface area contributed by atoms with Crippen LogP contribution in [-0.4, -0.2) is 56.5 Å². The van der Waals surface area contributed by atoms with Gasteiger partial charge in [-0.05, 0) is 39.2 Å². The molecular formula is C30H30N8O2. The smallest absolute Gasteiger partial charge is 0.325 e. The van der Waals surface area contributed by atoms with Gasteiger partial charge in [-0.25, -0.2) is 10.1 Å². The largest absolute Gasteiger partial charge is 0.468 e. The number of benzene rings is 3. The van der Waals surface area contributed by atoms with Crippen LogP contribution in [-0.2, 0) is 29.0 Å². The molecule has 0 saturated heterocycles. The van der Waals surface area contributed by atoms with Crippen molar-refractivity contribution in [2.75, 3.05) is 30.1 Å². The van der Waals surface area contributed by atoms with Gasteiger partial charge in [0.2, 0.25) is 0 Å². The van der Waals surface area contributed by atoms with Gasteiger partial charge in [0.1, 0.15) is 12.4 Å². The maximum atomic E-state index is 12.3. The highest BCUT2D eigenvalue weighted by Gasteiger charge is 2.30. The molecule has 0 aliphatic carbocycles. The Morgan fingerprint density at radius 3 is 2.42 bits per heavy atom. The zero-order valence-corrected chi connectivity index (χ0v) is 22.5. The van der Waals surface area contributed by atoms with Crippen molar-refractivity contribution in [3.8, 4) is 22.5 Å². The lowest BCUT2D eigenvalue weighted by atomic mass is 9.98. The van der Waals surface area contributed by atoms with Gasteiger partial charge in [-0.3, -0.25) is 4.79 Å². The van der Waals surface area contributed by atoms with Crippen molar-refractivity contribution in [1.82, 2.24) is 30.2 Å². The molecule has 3 aromatic carbocycles. The fraction of sp³-hybridized carbons (Fsp3) is 0.233. The van der Waals surface area contributed by atoms with E-state index in [1.165, 1.54) is 7.11 Å². The molecule has 0 radical (unpaired) electrons. The van der Waals surface area contributed by atoms with Crippen LogP contribution in [0, 0.1) is 0 Å². The maximum Gasteiger partial charge on any atom is 0.325 e. The van der Waals surface area contributed by atoms with E-state index in [2.05, 4.69) is 79.5 Å². The van der Waals surface area contributed by atoms with E-state index in [1.54, 1.807) is 0 Å². The zero-order valence-electron chi connectivity index (χ0n) is 22.5. The number of aryl methyl sites for hydroxylation is 1. The van der Waals surface area contributed by atoms with Gasteiger partial charge < -0.3 is 19.1 Å². The lowest BCUT2D eigenvalue weighted by Gasteiger charge is -2.37. The number of esters is 1. The molecule has 6 rings (SSSR count). The highest BCUT2D eigenvalue weighted by molar-refractivity contribution is 5.80. The van der Waals surface area contributed by atoms with E-state index in [0.717, 1.165) is 51.7 Å². The van der Waals surface area contributed by atoms with Crippen molar-refractivity contribution in [3.63, 3.8) is 0 Å². The number of H-pyrrole nitrogens is 1. The number of tetrazole rings is 1. The Bertz CT molecular complexity index is 1600. The van der Waals surface area contributed by atoms with E-state index in [4.69, 9.17) is 9.72 Å². The molecule has 0 fully saturated rings. The predicted molar refractivity (Wildman–Crippen MR) is 153 cm³/mol. The Balaban J connectivity index is 1.33. The molecule has 1 N–H and O–H groups in total. The number of anilines is 2. The third kappa shape index (κ3) is 4.91. The summed E-state index contributed by atoms with van der Waals surface area (Å²) in [6.07, 6.45) is 0.779. The van der Waals surface area contributed by atoms with Gasteiger partial charge in [0, 0.05) is 24.2 Å². The Labute approximate surface area is 232 Å². The quantitative estimate of drug-likeness (QED) is 0.294. The first kappa shape index (κ1) is 25.3. The maximum absolute atomic E-state index is 12.3. The van der Waals surface area contributed by atoms with Crippen molar-refractivity contribution in [3.05, 3.63) is 95.9 Å². The van der Waals surface area contributed by atoms with E-state index in [1.807, 2.05) is 41.3 Å². The summed E-state index contributed by atoms with van der Waals surface area (Å²) in [4.78, 5) is 21.6. The number of nitrogens with zero attached hydrogens (tertiary/aromatic N) is 7. The SMILES string of the molecule is CCc1nc2c(n1Cc1ccc(-c3ccccc3-c3nnn[nH]3)cc1)CN(c1ccccc1)CN2CC(=O)OC. The van der Waals surface area contributed by atoms with Crippen molar-refractivity contribution < 1.29 is 9.53 Å². The minimum absolute atomic E-state index is 0.141. The monoisotopic (exact) mass is 534 g/mol. The van der Waals surface area contributed by atoms with Gasteiger partial charge in [0.05, 0.1) is 26.0 Å². The number of hydrogen-bond acceptors (Lipinski definition) is 8. The molecule has 0 unspecified atom stereocenters. The highest BCUT2D eigenvalue weighted by atomic mass is 16.5. The lowest BCUT2D eigenvalue weighted by molar-refractivity contribution is -0.138. The highest BCUT2D eigenvalue weighted by Crippen LogP contribution is 2.33. The van der Waals surface area contributed by atoms with Gasteiger partial charge >= 0.3 is 5.97 Å². The van der Waals surface area contributed by atoms with Crippen LogP contribution in [0.5, 0.6) is 0 Å². The number of rotatable bonds is 8. The van der Waals surface area contributed by atoms with Gasteiger partial charge in [0.15, 0.2) is 11.6 Å². The van der Waals surface area contributed by atoms with Crippen LogP contribution in [0.25, 0.3) is 22.5 Å². The summed E-state index contributed by atoms with van der Waals surface area (Å²) in [5.74, 6) is 2.19. The number of hydrogen-bond donors (Lipinski definition) is 1. The summed E-state index contributed by atoms with van der Waals surface area (Å²) in [7, 11) is 1.42. The first-order chi connectivity index (χ1) is 19.6. The van der Waals surface area contributed by atoms with Crippen LogP contribution in [0.3, 0.4) is 0 Å². The summed E-state index contributed by atoms with van der Waals surface area (Å²) in [6, 6.07) is 26.9. The number of carbonyl (C=O) groups excluding carboxylic acids is 1. The molecule has 202 valence electrons. The second kappa shape index (κ2) is 11.0. The summed E-state index contributed by atoms with van der Waals surface area (Å²) in [6.45, 7) is 4.18. The molecule has 0 saturated carbocycles. The number of aromatic amines is 1. The topological polar surface area (TPSA) is 105 Å². The molecule has 5 aromatic rings. The molecule has 40 heavy (non-hydrogen) atoms. The van der Waals surface area contributed by atoms with Crippen LogP contribution >= 0.6 is 0 Å². The fourth-order valence-corrected chi connectivity index (χ4v) is 5.24. The third-order valence-electron chi connectivity index (χ3n) is 7.23. The van der Waals surface area contributed by atoms with E-state index in [9.17, 15) is 4.79 Å². The summed E-state index contributed by atoms with van der Waals surface area (Å²) in [5.41, 5.74) is 6.43. The van der Waals surface area contributed by atoms with Crippen molar-refractivity contribution in [1.29, 1.82) is 0 Å². The molecule has 1 aliphatic rings. The Morgan fingerprint density at radius 1 is 0.975 bits per heavy atom. The van der Waals surface area contributed by atoms with Gasteiger partial charge in [0.25, 0.3) is 0 Å². The number of para-hydroxylation sites is 1. The number of methoxy groups -OCH3 is 1. The second-order valence-electron chi connectivity index (χ2n) is 9.68.